The summed E-state index contributed by atoms with van der Waals surface area (Å²) < 4.78 is 112. The number of hydrogen-bond acceptors (Lipinski definition) is 3. The Labute approximate surface area is 202 Å². The Hall–Kier alpha value is -2.70. The molecule has 12 heteroatoms. The number of aliphatic hydroxyl groups is 1. The van der Waals surface area contributed by atoms with E-state index in [1.54, 1.807) is 0 Å². The van der Waals surface area contributed by atoms with Crippen molar-refractivity contribution in [2.45, 2.75) is 24.5 Å². The lowest BCUT2D eigenvalue weighted by Crippen LogP contribution is -2.40. The number of hydrogen-bond donors (Lipinski definition) is 2. The van der Waals surface area contributed by atoms with Gasteiger partial charge in [-0.2, -0.15) is 26.3 Å². The first-order chi connectivity index (χ1) is 16.3. The standard InChI is InChI=1S/C23H16BrF8NO2/c24-14-5-7-17(25)19(10-14)35-15-3-1-2-12(8-15)21(33-11-20(34)23(30,31)32)16-6-4-13(9-18(16)26)22(27,28)29/h1-10,20-21,33-34H,11H2/t20-,21?/m1/s1. The number of ether oxygens (including phenoxy) is 1. The molecule has 0 aliphatic carbocycles. The molecule has 2 N–H and O–H groups in total. The van der Waals surface area contributed by atoms with Gasteiger partial charge in [0.25, 0.3) is 0 Å². The van der Waals surface area contributed by atoms with Gasteiger partial charge in [-0.3, -0.25) is 0 Å². The zero-order chi connectivity index (χ0) is 26.0. The van der Waals surface area contributed by atoms with E-state index >= 15 is 0 Å². The molecule has 188 valence electrons. The minimum absolute atomic E-state index is 0.0231. The van der Waals surface area contributed by atoms with Crippen LogP contribution in [0.15, 0.2) is 65.1 Å². The van der Waals surface area contributed by atoms with Crippen molar-refractivity contribution in [2.24, 2.45) is 0 Å². The van der Waals surface area contributed by atoms with Crippen LogP contribution in [0.1, 0.15) is 22.7 Å². The van der Waals surface area contributed by atoms with Crippen molar-refractivity contribution < 1.29 is 45.0 Å². The van der Waals surface area contributed by atoms with Crippen molar-refractivity contribution in [3.63, 3.8) is 0 Å². The molecule has 1 unspecified atom stereocenters. The Morgan fingerprint density at radius 3 is 2.23 bits per heavy atom. The van der Waals surface area contributed by atoms with Crippen molar-refractivity contribution in [2.75, 3.05) is 6.54 Å². The summed E-state index contributed by atoms with van der Waals surface area (Å²) in [4.78, 5) is 0. The molecule has 0 radical (unpaired) electrons. The van der Waals surface area contributed by atoms with Crippen LogP contribution in [0.25, 0.3) is 0 Å². The third-order valence-electron chi connectivity index (χ3n) is 4.84. The van der Waals surface area contributed by atoms with Crippen LogP contribution in [0.4, 0.5) is 35.1 Å². The lowest BCUT2D eigenvalue weighted by Gasteiger charge is -2.24. The van der Waals surface area contributed by atoms with E-state index in [1.807, 2.05) is 0 Å². The minimum Gasteiger partial charge on any atom is -0.454 e. The summed E-state index contributed by atoms with van der Waals surface area (Å²) in [6.45, 7) is -1.08. The highest BCUT2D eigenvalue weighted by Gasteiger charge is 2.38. The molecule has 3 aromatic rings. The van der Waals surface area contributed by atoms with Crippen LogP contribution in [-0.4, -0.2) is 23.9 Å². The van der Waals surface area contributed by atoms with Crippen LogP contribution in [0, 0.1) is 11.6 Å². The van der Waals surface area contributed by atoms with E-state index in [0.717, 1.165) is 12.1 Å². The zero-order valence-electron chi connectivity index (χ0n) is 17.4. The smallest absolute Gasteiger partial charge is 0.416 e. The quantitative estimate of drug-likeness (QED) is 0.297. The lowest BCUT2D eigenvalue weighted by molar-refractivity contribution is -0.202. The van der Waals surface area contributed by atoms with Crippen molar-refractivity contribution in [1.82, 2.24) is 5.32 Å². The normalized spacial score (nSPS) is 14.0. The molecule has 0 heterocycles. The maximum absolute atomic E-state index is 14.7. The average Bonchev–Trinajstić information content (AvgIpc) is 2.76. The van der Waals surface area contributed by atoms with Crippen LogP contribution < -0.4 is 10.1 Å². The summed E-state index contributed by atoms with van der Waals surface area (Å²) in [7, 11) is 0. The van der Waals surface area contributed by atoms with E-state index in [9.17, 15) is 40.2 Å². The second-order valence-corrected chi connectivity index (χ2v) is 8.30. The van der Waals surface area contributed by atoms with E-state index in [2.05, 4.69) is 21.2 Å². The third kappa shape index (κ3) is 6.92. The molecule has 0 saturated heterocycles. The minimum atomic E-state index is -4.99. The van der Waals surface area contributed by atoms with E-state index < -0.39 is 53.8 Å². The summed E-state index contributed by atoms with van der Waals surface area (Å²) in [5.41, 5.74) is -1.60. The predicted octanol–water partition coefficient (Wildman–Crippen LogP) is 7.14. The van der Waals surface area contributed by atoms with E-state index in [-0.39, 0.29) is 23.1 Å². The highest BCUT2D eigenvalue weighted by Crippen LogP contribution is 2.35. The maximum atomic E-state index is 14.7. The van der Waals surface area contributed by atoms with Gasteiger partial charge in [-0.15, -0.1) is 0 Å². The fraction of sp³-hybridized carbons (Fsp3) is 0.217. The molecule has 0 amide bonds. The second kappa shape index (κ2) is 10.5. The largest absolute Gasteiger partial charge is 0.454 e. The second-order valence-electron chi connectivity index (χ2n) is 7.38. The first kappa shape index (κ1) is 26.9. The molecule has 0 aliphatic rings. The maximum Gasteiger partial charge on any atom is 0.416 e. The van der Waals surface area contributed by atoms with Gasteiger partial charge < -0.3 is 15.2 Å². The van der Waals surface area contributed by atoms with Crippen LogP contribution in [0.3, 0.4) is 0 Å². The van der Waals surface area contributed by atoms with Gasteiger partial charge >= 0.3 is 12.4 Å². The van der Waals surface area contributed by atoms with E-state index in [1.165, 1.54) is 36.4 Å². The van der Waals surface area contributed by atoms with Crippen molar-refractivity contribution in [1.29, 1.82) is 0 Å². The van der Waals surface area contributed by atoms with Gasteiger partial charge in [-0.25, -0.2) is 8.78 Å². The molecular weight excluding hydrogens is 554 g/mol. The van der Waals surface area contributed by atoms with Gasteiger partial charge in [0.1, 0.15) is 11.6 Å². The molecule has 3 rings (SSSR count). The fourth-order valence-corrected chi connectivity index (χ4v) is 3.47. The summed E-state index contributed by atoms with van der Waals surface area (Å²) >= 11 is 3.16. The van der Waals surface area contributed by atoms with Gasteiger partial charge in [0.2, 0.25) is 0 Å². The Balaban J connectivity index is 1.99. The number of aliphatic hydroxyl groups excluding tert-OH is 1. The first-order valence-corrected chi connectivity index (χ1v) is 10.6. The number of nitrogens with one attached hydrogen (secondary N) is 1. The molecule has 0 fully saturated rings. The SMILES string of the molecule is O[C@H](CNC(c1cccc(Oc2cc(Br)ccc2F)c1)c1ccc(C(F)(F)F)cc1F)C(F)(F)F. The van der Waals surface area contributed by atoms with E-state index in [0.29, 0.717) is 10.5 Å². The molecular formula is C23H16BrF8NO2. The average molecular weight is 570 g/mol. The number of rotatable bonds is 7. The van der Waals surface area contributed by atoms with Gasteiger partial charge in [0.15, 0.2) is 17.7 Å². The van der Waals surface area contributed by atoms with Crippen molar-refractivity contribution >= 4 is 15.9 Å². The van der Waals surface area contributed by atoms with Crippen LogP contribution in [0.2, 0.25) is 0 Å². The molecule has 0 spiro atoms. The Bertz CT molecular complexity index is 1180. The monoisotopic (exact) mass is 569 g/mol. The molecule has 3 nitrogen and oxygen atoms in total. The number of halogens is 9. The highest BCUT2D eigenvalue weighted by atomic mass is 79.9. The van der Waals surface area contributed by atoms with Gasteiger partial charge in [-0.05, 0) is 48.0 Å². The summed E-state index contributed by atoms with van der Waals surface area (Å²) in [5.74, 6) is -2.21. The molecule has 2 atom stereocenters. The molecule has 0 saturated carbocycles. The Morgan fingerprint density at radius 1 is 0.886 bits per heavy atom. The Morgan fingerprint density at radius 2 is 1.60 bits per heavy atom. The summed E-state index contributed by atoms with van der Waals surface area (Å²) in [5, 5.41) is 11.7. The van der Waals surface area contributed by atoms with Crippen LogP contribution >= 0.6 is 15.9 Å². The predicted molar refractivity (Wildman–Crippen MR) is 114 cm³/mol. The van der Waals surface area contributed by atoms with Crippen LogP contribution in [-0.2, 0) is 6.18 Å². The Kier molecular flexibility index (Phi) is 8.07. The topological polar surface area (TPSA) is 41.5 Å². The van der Waals surface area contributed by atoms with Gasteiger partial charge in [-0.1, -0.05) is 34.1 Å². The summed E-state index contributed by atoms with van der Waals surface area (Å²) in [6.07, 6.45) is -12.6. The molecule has 35 heavy (non-hydrogen) atoms. The van der Waals surface area contributed by atoms with Crippen molar-refractivity contribution in [3.05, 3.63) is 93.5 Å². The first-order valence-electron chi connectivity index (χ1n) is 9.83. The zero-order valence-corrected chi connectivity index (χ0v) is 19.0. The molecule has 0 bridgehead atoms. The lowest BCUT2D eigenvalue weighted by atomic mass is 9.96. The number of alkyl halides is 6. The molecule has 0 aliphatic heterocycles. The molecule has 0 aromatic heterocycles. The summed E-state index contributed by atoms with van der Waals surface area (Å²) in [6, 6.07) is 9.47. The van der Waals surface area contributed by atoms with E-state index in [4.69, 9.17) is 4.74 Å². The highest BCUT2D eigenvalue weighted by molar-refractivity contribution is 9.10. The fourth-order valence-electron chi connectivity index (χ4n) is 3.13. The van der Waals surface area contributed by atoms with Gasteiger partial charge in [0, 0.05) is 16.6 Å². The van der Waals surface area contributed by atoms with Crippen molar-refractivity contribution in [3.8, 4) is 11.5 Å². The van der Waals surface area contributed by atoms with Gasteiger partial charge in [0.05, 0.1) is 11.6 Å². The number of benzene rings is 3. The third-order valence-corrected chi connectivity index (χ3v) is 5.34. The van der Waals surface area contributed by atoms with Crippen LogP contribution in [0.5, 0.6) is 11.5 Å². The molecule has 3 aromatic carbocycles.